The molecule has 2 unspecified atom stereocenters. The van der Waals surface area contributed by atoms with Crippen LogP contribution in [0.15, 0.2) is 24.3 Å². The summed E-state index contributed by atoms with van der Waals surface area (Å²) in [4.78, 5) is 13.9. The van der Waals surface area contributed by atoms with Crippen LogP contribution in [-0.2, 0) is 4.79 Å². The molecule has 2 atom stereocenters. The molecule has 1 aliphatic heterocycles. The Balaban J connectivity index is 2.25. The summed E-state index contributed by atoms with van der Waals surface area (Å²) in [6.45, 7) is 7.26. The molecule has 1 heterocycles. The van der Waals surface area contributed by atoms with Crippen LogP contribution < -0.4 is 5.73 Å². The molecule has 0 radical (unpaired) electrons. The smallest absolute Gasteiger partial charge is 0.224 e. The van der Waals surface area contributed by atoms with Crippen molar-refractivity contribution in [1.82, 2.24) is 4.90 Å². The lowest BCUT2D eigenvalue weighted by atomic mass is 9.96. The van der Waals surface area contributed by atoms with Crippen LogP contribution in [0.5, 0.6) is 0 Å². The third-order valence-corrected chi connectivity index (χ3v) is 3.88. The second-order valence-corrected chi connectivity index (χ2v) is 5.72. The Bertz CT molecular complexity index is 439. The SMILES string of the molecule is CCCN1C(=O)CC(N)C1c1ccc(C(C)C)cc1. The van der Waals surface area contributed by atoms with Crippen molar-refractivity contribution in [2.24, 2.45) is 5.73 Å². The van der Waals surface area contributed by atoms with Gasteiger partial charge in [0.2, 0.25) is 5.91 Å². The minimum Gasteiger partial charge on any atom is -0.334 e. The molecule has 3 nitrogen and oxygen atoms in total. The molecular weight excluding hydrogens is 236 g/mol. The minimum absolute atomic E-state index is 0.0497. The van der Waals surface area contributed by atoms with Gasteiger partial charge in [0.25, 0.3) is 0 Å². The van der Waals surface area contributed by atoms with Crippen molar-refractivity contribution in [2.45, 2.75) is 51.6 Å². The van der Waals surface area contributed by atoms with E-state index in [1.165, 1.54) is 5.56 Å². The molecule has 1 aromatic carbocycles. The summed E-state index contributed by atoms with van der Waals surface area (Å²) in [6.07, 6.45) is 1.44. The molecular formula is C16H24N2O. The fourth-order valence-corrected chi connectivity index (χ4v) is 2.83. The van der Waals surface area contributed by atoms with E-state index >= 15 is 0 Å². The molecule has 1 fully saturated rings. The van der Waals surface area contributed by atoms with Crippen molar-refractivity contribution in [3.05, 3.63) is 35.4 Å². The van der Waals surface area contributed by atoms with Gasteiger partial charge in [-0.25, -0.2) is 0 Å². The van der Waals surface area contributed by atoms with Crippen LogP contribution in [-0.4, -0.2) is 23.4 Å². The molecule has 3 heteroatoms. The molecule has 0 bridgehead atoms. The summed E-state index contributed by atoms with van der Waals surface area (Å²) in [5, 5.41) is 0. The maximum Gasteiger partial charge on any atom is 0.224 e. The zero-order valence-corrected chi connectivity index (χ0v) is 12.1. The number of carbonyl (C=O) groups is 1. The van der Waals surface area contributed by atoms with Gasteiger partial charge in [-0.3, -0.25) is 4.79 Å². The molecule has 1 saturated heterocycles. The lowest BCUT2D eigenvalue weighted by molar-refractivity contribution is -0.129. The summed E-state index contributed by atoms with van der Waals surface area (Å²) in [7, 11) is 0. The fraction of sp³-hybridized carbons (Fsp3) is 0.562. The number of nitrogens with two attached hydrogens (primary N) is 1. The van der Waals surface area contributed by atoms with Crippen LogP contribution in [0.1, 0.15) is 56.7 Å². The summed E-state index contributed by atoms with van der Waals surface area (Å²) in [5.41, 5.74) is 8.64. The van der Waals surface area contributed by atoms with Gasteiger partial charge in [-0.1, -0.05) is 45.0 Å². The first-order valence-electron chi connectivity index (χ1n) is 7.19. The normalized spacial score (nSPS) is 23.4. The number of hydrogen-bond acceptors (Lipinski definition) is 2. The molecule has 2 rings (SSSR count). The van der Waals surface area contributed by atoms with Gasteiger partial charge in [-0.05, 0) is 23.5 Å². The van der Waals surface area contributed by atoms with Crippen LogP contribution in [0.3, 0.4) is 0 Å². The van der Waals surface area contributed by atoms with Gasteiger partial charge in [0, 0.05) is 19.0 Å². The molecule has 0 saturated carbocycles. The van der Waals surface area contributed by atoms with Crippen LogP contribution in [0, 0.1) is 0 Å². The van der Waals surface area contributed by atoms with Crippen LogP contribution in [0.2, 0.25) is 0 Å². The summed E-state index contributed by atoms with van der Waals surface area (Å²) < 4.78 is 0. The van der Waals surface area contributed by atoms with E-state index in [0.29, 0.717) is 12.3 Å². The summed E-state index contributed by atoms with van der Waals surface area (Å²) in [6, 6.07) is 8.53. The van der Waals surface area contributed by atoms with Crippen molar-refractivity contribution >= 4 is 5.91 Å². The zero-order chi connectivity index (χ0) is 14.0. The van der Waals surface area contributed by atoms with E-state index in [4.69, 9.17) is 5.73 Å². The maximum absolute atomic E-state index is 12.0. The number of rotatable bonds is 4. The Morgan fingerprint density at radius 1 is 1.32 bits per heavy atom. The van der Waals surface area contributed by atoms with E-state index in [9.17, 15) is 4.79 Å². The second-order valence-electron chi connectivity index (χ2n) is 5.72. The lowest BCUT2D eigenvalue weighted by Gasteiger charge is -2.27. The Hall–Kier alpha value is -1.35. The van der Waals surface area contributed by atoms with Gasteiger partial charge in [0.1, 0.15) is 0 Å². The number of amides is 1. The Labute approximate surface area is 115 Å². The number of likely N-dealkylation sites (tertiary alicyclic amines) is 1. The quantitative estimate of drug-likeness (QED) is 0.905. The lowest BCUT2D eigenvalue weighted by Crippen LogP contribution is -2.33. The molecule has 0 spiro atoms. The third-order valence-electron chi connectivity index (χ3n) is 3.88. The van der Waals surface area contributed by atoms with Gasteiger partial charge in [0.15, 0.2) is 0 Å². The van der Waals surface area contributed by atoms with E-state index in [2.05, 4.69) is 45.0 Å². The van der Waals surface area contributed by atoms with Crippen molar-refractivity contribution in [2.75, 3.05) is 6.54 Å². The molecule has 104 valence electrons. The molecule has 1 aromatic rings. The highest BCUT2D eigenvalue weighted by atomic mass is 16.2. The van der Waals surface area contributed by atoms with Gasteiger partial charge < -0.3 is 10.6 Å². The Morgan fingerprint density at radius 3 is 2.47 bits per heavy atom. The highest BCUT2D eigenvalue weighted by molar-refractivity contribution is 5.80. The predicted molar refractivity (Wildman–Crippen MR) is 77.9 cm³/mol. The first-order valence-corrected chi connectivity index (χ1v) is 7.19. The highest BCUT2D eigenvalue weighted by Gasteiger charge is 2.37. The monoisotopic (exact) mass is 260 g/mol. The Kier molecular flexibility index (Phi) is 4.25. The zero-order valence-electron chi connectivity index (χ0n) is 12.1. The summed E-state index contributed by atoms with van der Waals surface area (Å²) >= 11 is 0. The van der Waals surface area contributed by atoms with E-state index in [0.717, 1.165) is 18.5 Å². The topological polar surface area (TPSA) is 46.3 Å². The standard InChI is InChI=1S/C16H24N2O/c1-4-9-18-15(19)10-14(17)16(18)13-7-5-12(6-8-13)11(2)3/h5-8,11,14,16H,4,9-10,17H2,1-3H3. The van der Waals surface area contributed by atoms with Crippen molar-refractivity contribution in [3.8, 4) is 0 Å². The number of hydrogen-bond donors (Lipinski definition) is 1. The minimum atomic E-state index is -0.0797. The van der Waals surface area contributed by atoms with Gasteiger partial charge >= 0.3 is 0 Å². The second kappa shape index (κ2) is 5.74. The highest BCUT2D eigenvalue weighted by Crippen LogP contribution is 2.32. The van der Waals surface area contributed by atoms with E-state index in [-0.39, 0.29) is 18.0 Å². The van der Waals surface area contributed by atoms with Crippen molar-refractivity contribution in [3.63, 3.8) is 0 Å². The molecule has 19 heavy (non-hydrogen) atoms. The molecule has 0 aliphatic carbocycles. The van der Waals surface area contributed by atoms with Crippen molar-refractivity contribution in [1.29, 1.82) is 0 Å². The average molecular weight is 260 g/mol. The first kappa shape index (κ1) is 14.1. The van der Waals surface area contributed by atoms with Crippen LogP contribution in [0.4, 0.5) is 0 Å². The van der Waals surface area contributed by atoms with Gasteiger partial charge in [0.05, 0.1) is 6.04 Å². The fourth-order valence-electron chi connectivity index (χ4n) is 2.83. The van der Waals surface area contributed by atoms with Gasteiger partial charge in [-0.2, -0.15) is 0 Å². The predicted octanol–water partition coefficient (Wildman–Crippen LogP) is 2.82. The maximum atomic E-state index is 12.0. The number of nitrogens with zero attached hydrogens (tertiary/aromatic N) is 1. The van der Waals surface area contributed by atoms with Crippen LogP contribution in [0.25, 0.3) is 0 Å². The molecule has 2 N–H and O–H groups in total. The third kappa shape index (κ3) is 2.81. The molecule has 1 aliphatic rings. The number of carbonyl (C=O) groups excluding carboxylic acids is 1. The van der Waals surface area contributed by atoms with Crippen molar-refractivity contribution < 1.29 is 4.79 Å². The van der Waals surface area contributed by atoms with Crippen LogP contribution >= 0.6 is 0 Å². The summed E-state index contributed by atoms with van der Waals surface area (Å²) in [5.74, 6) is 0.715. The van der Waals surface area contributed by atoms with E-state index < -0.39 is 0 Å². The molecule has 0 aromatic heterocycles. The Morgan fingerprint density at radius 2 is 1.95 bits per heavy atom. The largest absolute Gasteiger partial charge is 0.334 e. The van der Waals surface area contributed by atoms with Gasteiger partial charge in [-0.15, -0.1) is 0 Å². The first-order chi connectivity index (χ1) is 9.04. The van der Waals surface area contributed by atoms with E-state index in [1.807, 2.05) is 4.90 Å². The van der Waals surface area contributed by atoms with E-state index in [1.54, 1.807) is 0 Å². The molecule has 1 amide bonds. The number of benzene rings is 1. The average Bonchev–Trinajstić information content (AvgIpc) is 2.65.